The lowest BCUT2D eigenvalue weighted by Gasteiger charge is -2.15. The second-order valence-electron chi connectivity index (χ2n) is 4.24. The molecule has 1 aromatic carbocycles. The Labute approximate surface area is 113 Å². The highest BCUT2D eigenvalue weighted by atomic mass is 35.5. The van der Waals surface area contributed by atoms with Crippen molar-refractivity contribution in [3.63, 3.8) is 0 Å². The first-order chi connectivity index (χ1) is 8.47. The second-order valence-corrected chi connectivity index (χ2v) is 4.67. The molecular weight excluding hydrogens is 250 g/mol. The number of likely N-dealkylation sites (N-methyl/N-ethyl adjacent to an activating group) is 1. The van der Waals surface area contributed by atoms with Crippen LogP contribution in [0.15, 0.2) is 24.3 Å². The van der Waals surface area contributed by atoms with Crippen molar-refractivity contribution in [1.29, 1.82) is 0 Å². The molecule has 0 heterocycles. The van der Waals surface area contributed by atoms with Gasteiger partial charge in [0.05, 0.1) is 0 Å². The van der Waals surface area contributed by atoms with E-state index in [0.717, 1.165) is 5.56 Å². The minimum absolute atomic E-state index is 0.174. The molecule has 18 heavy (non-hydrogen) atoms. The number of nitrogens with zero attached hydrogens (tertiary/aromatic N) is 1. The van der Waals surface area contributed by atoms with Gasteiger partial charge in [-0.3, -0.25) is 0 Å². The summed E-state index contributed by atoms with van der Waals surface area (Å²) in [7, 11) is 3.84. The fourth-order valence-electron chi connectivity index (χ4n) is 1.42. The van der Waals surface area contributed by atoms with Gasteiger partial charge in [0.15, 0.2) is 0 Å². The van der Waals surface area contributed by atoms with E-state index in [1.54, 1.807) is 24.3 Å². The van der Waals surface area contributed by atoms with Crippen molar-refractivity contribution in [2.75, 3.05) is 20.6 Å². The third kappa shape index (κ3) is 5.72. The van der Waals surface area contributed by atoms with Crippen molar-refractivity contribution < 1.29 is 9.53 Å². The Bertz CT molecular complexity index is 457. The molecule has 0 N–H and O–H groups in total. The number of hydrogen-bond donors (Lipinski definition) is 0. The Morgan fingerprint density at radius 1 is 1.39 bits per heavy atom. The number of rotatable bonds is 3. The lowest BCUT2D eigenvalue weighted by Crippen LogP contribution is -2.27. The highest BCUT2D eigenvalue weighted by Gasteiger charge is 2.07. The van der Waals surface area contributed by atoms with E-state index in [0.29, 0.717) is 11.6 Å². The summed E-state index contributed by atoms with van der Waals surface area (Å²) in [6.45, 7) is 2.51. The molecule has 0 spiro atoms. The molecule has 0 aromatic heterocycles. The van der Waals surface area contributed by atoms with E-state index < -0.39 is 5.97 Å². The molecule has 4 heteroatoms. The van der Waals surface area contributed by atoms with Gasteiger partial charge in [-0.05, 0) is 45.3 Å². The van der Waals surface area contributed by atoms with Crippen molar-refractivity contribution in [1.82, 2.24) is 4.90 Å². The quantitative estimate of drug-likeness (QED) is 0.620. The van der Waals surface area contributed by atoms with Crippen LogP contribution in [0.1, 0.15) is 12.5 Å². The average Bonchev–Trinajstić information content (AvgIpc) is 2.27. The van der Waals surface area contributed by atoms with Crippen molar-refractivity contribution in [3.05, 3.63) is 34.9 Å². The minimum Gasteiger partial charge on any atom is -0.452 e. The SMILES string of the molecule is CC(CN(C)C)OC(=O)C#Cc1ccc(Cl)cc1. The van der Waals surface area contributed by atoms with Gasteiger partial charge in [-0.1, -0.05) is 17.5 Å². The highest BCUT2D eigenvalue weighted by molar-refractivity contribution is 6.30. The number of carbonyl (C=O) groups excluding carboxylic acids is 1. The summed E-state index contributed by atoms with van der Waals surface area (Å²) in [6, 6.07) is 6.97. The number of hydrogen-bond acceptors (Lipinski definition) is 3. The molecular formula is C14H16ClNO2. The van der Waals surface area contributed by atoms with Crippen LogP contribution in [0.4, 0.5) is 0 Å². The summed E-state index contributed by atoms with van der Waals surface area (Å²) < 4.78 is 5.13. The summed E-state index contributed by atoms with van der Waals surface area (Å²) in [4.78, 5) is 13.4. The van der Waals surface area contributed by atoms with Gasteiger partial charge < -0.3 is 9.64 Å². The number of esters is 1. The number of carbonyl (C=O) groups is 1. The van der Waals surface area contributed by atoms with Crippen LogP contribution < -0.4 is 0 Å². The van der Waals surface area contributed by atoms with Crippen LogP contribution in [0.3, 0.4) is 0 Å². The van der Waals surface area contributed by atoms with Gasteiger partial charge in [0, 0.05) is 23.1 Å². The number of ether oxygens (including phenoxy) is 1. The van der Waals surface area contributed by atoms with E-state index in [9.17, 15) is 4.79 Å². The third-order valence-electron chi connectivity index (χ3n) is 2.08. The monoisotopic (exact) mass is 265 g/mol. The first-order valence-corrected chi connectivity index (χ1v) is 5.98. The van der Waals surface area contributed by atoms with Crippen LogP contribution in [0.5, 0.6) is 0 Å². The summed E-state index contributed by atoms with van der Waals surface area (Å²) in [6.07, 6.45) is -0.174. The molecule has 0 radical (unpaired) electrons. The third-order valence-corrected chi connectivity index (χ3v) is 2.34. The molecule has 0 aliphatic carbocycles. The Morgan fingerprint density at radius 2 is 2.00 bits per heavy atom. The summed E-state index contributed by atoms with van der Waals surface area (Å²) in [5.74, 6) is 4.67. The molecule has 0 saturated heterocycles. The Hall–Kier alpha value is -1.50. The van der Waals surface area contributed by atoms with E-state index in [-0.39, 0.29) is 6.10 Å². The molecule has 1 aromatic rings. The predicted octanol–water partition coefficient (Wildman–Crippen LogP) is 2.18. The van der Waals surface area contributed by atoms with E-state index >= 15 is 0 Å². The molecule has 0 aliphatic heterocycles. The van der Waals surface area contributed by atoms with Gasteiger partial charge in [-0.15, -0.1) is 0 Å². The number of benzene rings is 1. The van der Waals surface area contributed by atoms with Crippen LogP contribution in [0.2, 0.25) is 5.02 Å². The fraction of sp³-hybridized carbons (Fsp3) is 0.357. The van der Waals surface area contributed by atoms with Gasteiger partial charge in [0.25, 0.3) is 0 Å². The predicted molar refractivity (Wildman–Crippen MR) is 72.4 cm³/mol. The standard InChI is InChI=1S/C14H16ClNO2/c1-11(10-16(2)3)18-14(17)9-6-12-4-7-13(15)8-5-12/h4-5,7-8,11H,10H2,1-3H3. The maximum absolute atomic E-state index is 11.4. The van der Waals surface area contributed by atoms with Crippen molar-refractivity contribution in [3.8, 4) is 11.8 Å². The van der Waals surface area contributed by atoms with Gasteiger partial charge in [0.2, 0.25) is 0 Å². The van der Waals surface area contributed by atoms with Crippen LogP contribution in [-0.2, 0) is 9.53 Å². The van der Waals surface area contributed by atoms with E-state index in [2.05, 4.69) is 11.8 Å². The van der Waals surface area contributed by atoms with Gasteiger partial charge in [-0.2, -0.15) is 0 Å². The zero-order valence-corrected chi connectivity index (χ0v) is 11.5. The van der Waals surface area contributed by atoms with Gasteiger partial charge in [0.1, 0.15) is 6.10 Å². The zero-order chi connectivity index (χ0) is 13.5. The number of halogens is 1. The first kappa shape index (κ1) is 14.6. The molecule has 1 rings (SSSR count). The van der Waals surface area contributed by atoms with Gasteiger partial charge >= 0.3 is 5.97 Å². The van der Waals surface area contributed by atoms with Crippen LogP contribution in [0.25, 0.3) is 0 Å². The molecule has 1 atom stereocenters. The summed E-state index contributed by atoms with van der Waals surface area (Å²) in [5.41, 5.74) is 0.733. The lowest BCUT2D eigenvalue weighted by atomic mass is 10.2. The molecule has 1 unspecified atom stereocenters. The van der Waals surface area contributed by atoms with E-state index in [1.807, 2.05) is 25.9 Å². The molecule has 0 bridgehead atoms. The largest absolute Gasteiger partial charge is 0.452 e. The topological polar surface area (TPSA) is 29.5 Å². The first-order valence-electron chi connectivity index (χ1n) is 5.60. The Balaban J connectivity index is 2.52. The van der Waals surface area contributed by atoms with Crippen LogP contribution in [0, 0.1) is 11.8 Å². The average molecular weight is 266 g/mol. The van der Waals surface area contributed by atoms with Crippen molar-refractivity contribution in [2.24, 2.45) is 0 Å². The normalized spacial score (nSPS) is 11.6. The fourth-order valence-corrected chi connectivity index (χ4v) is 1.55. The van der Waals surface area contributed by atoms with E-state index in [4.69, 9.17) is 16.3 Å². The smallest absolute Gasteiger partial charge is 0.385 e. The van der Waals surface area contributed by atoms with Gasteiger partial charge in [-0.25, -0.2) is 4.79 Å². The molecule has 0 fully saturated rings. The Kier molecular flexibility index (Phi) is 5.70. The van der Waals surface area contributed by atoms with E-state index in [1.165, 1.54) is 0 Å². The second kappa shape index (κ2) is 7.05. The molecule has 0 saturated carbocycles. The zero-order valence-electron chi connectivity index (χ0n) is 10.7. The molecule has 3 nitrogen and oxygen atoms in total. The molecule has 0 aliphatic rings. The Morgan fingerprint density at radius 3 is 2.56 bits per heavy atom. The minimum atomic E-state index is -0.515. The molecule has 0 amide bonds. The van der Waals surface area contributed by atoms with Crippen LogP contribution in [-0.4, -0.2) is 37.6 Å². The maximum Gasteiger partial charge on any atom is 0.385 e. The van der Waals surface area contributed by atoms with Crippen molar-refractivity contribution in [2.45, 2.75) is 13.0 Å². The highest BCUT2D eigenvalue weighted by Crippen LogP contribution is 2.08. The molecule has 96 valence electrons. The summed E-state index contributed by atoms with van der Waals surface area (Å²) in [5, 5.41) is 0.641. The van der Waals surface area contributed by atoms with Crippen molar-refractivity contribution >= 4 is 17.6 Å². The van der Waals surface area contributed by atoms with Crippen LogP contribution >= 0.6 is 11.6 Å². The maximum atomic E-state index is 11.4. The lowest BCUT2D eigenvalue weighted by molar-refractivity contribution is -0.141. The summed E-state index contributed by atoms with van der Waals surface area (Å²) >= 11 is 5.75.